The Hall–Kier alpha value is -0.810. The third-order valence-corrected chi connectivity index (χ3v) is 2.78. The van der Waals surface area contributed by atoms with Gasteiger partial charge < -0.3 is 19.6 Å². The van der Waals surface area contributed by atoms with Crippen LogP contribution < -0.4 is 0 Å². The van der Waals surface area contributed by atoms with Gasteiger partial charge in [-0.15, -0.1) is 0 Å². The summed E-state index contributed by atoms with van der Waals surface area (Å²) in [5.74, 6) is 0. The maximum atomic E-state index is 12.0. The van der Waals surface area contributed by atoms with E-state index in [0.29, 0.717) is 13.0 Å². The average Bonchev–Trinajstić information content (AvgIpc) is 2.15. The van der Waals surface area contributed by atoms with Gasteiger partial charge >= 0.3 is 6.09 Å². The largest absolute Gasteiger partial charge is 0.444 e. The maximum absolute atomic E-state index is 12.0. The summed E-state index contributed by atoms with van der Waals surface area (Å²) in [6.07, 6.45) is 0.327. The molecule has 17 heavy (non-hydrogen) atoms. The van der Waals surface area contributed by atoms with Gasteiger partial charge in [-0.1, -0.05) is 0 Å². The number of aliphatic hydroxyl groups excluding tert-OH is 1. The lowest BCUT2D eigenvalue weighted by Gasteiger charge is -2.40. The number of rotatable bonds is 2. The standard InChI is InChI=1S/C12H24N2O3/c1-12(2,3)17-11(16)14-7-6-13(4)9-10(14)5-8-15/h10,15H,5-9H2,1-4H3/t10-/m0/s1. The van der Waals surface area contributed by atoms with Gasteiger partial charge in [-0.2, -0.15) is 0 Å². The van der Waals surface area contributed by atoms with Crippen LogP contribution in [-0.2, 0) is 4.74 Å². The SMILES string of the molecule is CN1CCN(C(=O)OC(C)(C)C)[C@@H](CCO)C1. The first kappa shape index (κ1) is 14.3. The molecule has 0 unspecified atom stereocenters. The van der Waals surface area contributed by atoms with Gasteiger partial charge in [-0.05, 0) is 34.2 Å². The smallest absolute Gasteiger partial charge is 0.410 e. The zero-order valence-corrected chi connectivity index (χ0v) is 11.3. The van der Waals surface area contributed by atoms with Crippen molar-refractivity contribution in [2.75, 3.05) is 33.3 Å². The molecule has 0 aromatic carbocycles. The molecular formula is C12H24N2O3. The molecule has 1 heterocycles. The fraction of sp³-hybridized carbons (Fsp3) is 0.917. The molecular weight excluding hydrogens is 220 g/mol. The molecule has 1 aliphatic rings. The third-order valence-electron chi connectivity index (χ3n) is 2.78. The minimum absolute atomic E-state index is 0.0496. The summed E-state index contributed by atoms with van der Waals surface area (Å²) in [6.45, 7) is 7.99. The highest BCUT2D eigenvalue weighted by Crippen LogP contribution is 2.16. The molecule has 0 bridgehead atoms. The molecule has 100 valence electrons. The topological polar surface area (TPSA) is 53.0 Å². The van der Waals surface area contributed by atoms with Gasteiger partial charge in [-0.3, -0.25) is 0 Å². The van der Waals surface area contributed by atoms with Crippen molar-refractivity contribution in [3.63, 3.8) is 0 Å². The Morgan fingerprint density at radius 1 is 1.41 bits per heavy atom. The molecule has 1 N–H and O–H groups in total. The van der Waals surface area contributed by atoms with Gasteiger partial charge in [0.1, 0.15) is 5.60 Å². The molecule has 5 nitrogen and oxygen atoms in total. The van der Waals surface area contributed by atoms with E-state index in [-0.39, 0.29) is 18.7 Å². The molecule has 1 aliphatic heterocycles. The summed E-state index contributed by atoms with van der Waals surface area (Å²) in [6, 6.07) is 0.0496. The summed E-state index contributed by atoms with van der Waals surface area (Å²) < 4.78 is 5.38. The van der Waals surface area contributed by atoms with Crippen LogP contribution in [0.15, 0.2) is 0 Å². The maximum Gasteiger partial charge on any atom is 0.410 e. The van der Waals surface area contributed by atoms with Gasteiger partial charge in [0.25, 0.3) is 0 Å². The number of hydrogen-bond donors (Lipinski definition) is 1. The van der Waals surface area contributed by atoms with E-state index in [2.05, 4.69) is 4.90 Å². The highest BCUT2D eigenvalue weighted by Gasteiger charge is 2.31. The van der Waals surface area contributed by atoms with Crippen LogP contribution in [0.2, 0.25) is 0 Å². The fourth-order valence-electron chi connectivity index (χ4n) is 1.97. The van der Waals surface area contributed by atoms with Gasteiger partial charge in [0.2, 0.25) is 0 Å². The normalized spacial score (nSPS) is 22.6. The number of aliphatic hydroxyl groups is 1. The Morgan fingerprint density at radius 2 is 2.06 bits per heavy atom. The molecule has 1 fully saturated rings. The first-order valence-electron chi connectivity index (χ1n) is 6.12. The summed E-state index contributed by atoms with van der Waals surface area (Å²) in [7, 11) is 2.02. The number of ether oxygens (including phenoxy) is 1. The minimum Gasteiger partial charge on any atom is -0.444 e. The minimum atomic E-state index is -0.468. The number of carbonyl (C=O) groups is 1. The highest BCUT2D eigenvalue weighted by molar-refractivity contribution is 5.68. The van der Waals surface area contributed by atoms with E-state index in [1.165, 1.54) is 0 Å². The lowest BCUT2D eigenvalue weighted by atomic mass is 10.1. The lowest BCUT2D eigenvalue weighted by molar-refractivity contribution is -0.00188. The zero-order valence-electron chi connectivity index (χ0n) is 11.3. The van der Waals surface area contributed by atoms with Crippen molar-refractivity contribution in [2.24, 2.45) is 0 Å². The van der Waals surface area contributed by atoms with E-state index in [0.717, 1.165) is 13.1 Å². The quantitative estimate of drug-likeness (QED) is 0.785. The fourth-order valence-corrected chi connectivity index (χ4v) is 1.97. The van der Waals surface area contributed by atoms with Crippen LogP contribution in [0.1, 0.15) is 27.2 Å². The molecule has 0 aromatic heterocycles. The molecule has 5 heteroatoms. The van der Waals surface area contributed by atoms with Crippen molar-refractivity contribution in [3.8, 4) is 0 Å². The summed E-state index contributed by atoms with van der Waals surface area (Å²) in [4.78, 5) is 15.9. The number of amides is 1. The third kappa shape index (κ3) is 4.52. The van der Waals surface area contributed by atoms with E-state index in [1.807, 2.05) is 27.8 Å². The lowest BCUT2D eigenvalue weighted by Crippen LogP contribution is -2.55. The van der Waals surface area contributed by atoms with Crippen LogP contribution >= 0.6 is 0 Å². The summed E-state index contributed by atoms with van der Waals surface area (Å²) in [5, 5.41) is 9.04. The van der Waals surface area contributed by atoms with Crippen molar-refractivity contribution in [2.45, 2.75) is 38.8 Å². The second kappa shape index (κ2) is 5.69. The molecule has 0 aliphatic carbocycles. The summed E-state index contributed by atoms with van der Waals surface area (Å²) in [5.41, 5.74) is -0.468. The number of hydrogen-bond acceptors (Lipinski definition) is 4. The van der Waals surface area contributed by atoms with E-state index >= 15 is 0 Å². The molecule has 0 radical (unpaired) electrons. The van der Waals surface area contributed by atoms with Crippen LogP contribution in [0.25, 0.3) is 0 Å². The molecule has 1 atom stereocenters. The molecule has 1 amide bonds. The Morgan fingerprint density at radius 3 is 2.59 bits per heavy atom. The number of carbonyl (C=O) groups excluding carboxylic acids is 1. The summed E-state index contributed by atoms with van der Waals surface area (Å²) >= 11 is 0. The van der Waals surface area contributed by atoms with Crippen molar-refractivity contribution in [3.05, 3.63) is 0 Å². The Balaban J connectivity index is 2.62. The van der Waals surface area contributed by atoms with Gasteiger partial charge in [0.05, 0.1) is 0 Å². The van der Waals surface area contributed by atoms with Crippen molar-refractivity contribution < 1.29 is 14.6 Å². The Bertz CT molecular complexity index is 263. The molecule has 1 saturated heterocycles. The predicted octanol–water partition coefficient (Wildman–Crippen LogP) is 0.920. The van der Waals surface area contributed by atoms with Gasteiger partial charge in [0.15, 0.2) is 0 Å². The second-order valence-corrected chi connectivity index (χ2v) is 5.60. The van der Waals surface area contributed by atoms with Crippen molar-refractivity contribution in [1.29, 1.82) is 0 Å². The van der Waals surface area contributed by atoms with E-state index < -0.39 is 5.60 Å². The monoisotopic (exact) mass is 244 g/mol. The van der Waals surface area contributed by atoms with Gasteiger partial charge in [0, 0.05) is 32.3 Å². The van der Waals surface area contributed by atoms with Crippen LogP contribution in [-0.4, -0.2) is 65.9 Å². The molecule has 1 rings (SSSR count). The molecule has 0 spiro atoms. The Kier molecular flexibility index (Phi) is 4.77. The zero-order chi connectivity index (χ0) is 13.1. The van der Waals surface area contributed by atoms with Crippen LogP contribution in [0, 0.1) is 0 Å². The van der Waals surface area contributed by atoms with Gasteiger partial charge in [-0.25, -0.2) is 4.79 Å². The average molecular weight is 244 g/mol. The number of nitrogens with zero attached hydrogens (tertiary/aromatic N) is 2. The van der Waals surface area contributed by atoms with E-state index in [9.17, 15) is 4.79 Å². The van der Waals surface area contributed by atoms with Crippen LogP contribution in [0.5, 0.6) is 0 Å². The predicted molar refractivity (Wildman–Crippen MR) is 65.9 cm³/mol. The Labute approximate surface area is 103 Å². The van der Waals surface area contributed by atoms with E-state index in [1.54, 1.807) is 4.90 Å². The van der Waals surface area contributed by atoms with Crippen molar-refractivity contribution in [1.82, 2.24) is 9.80 Å². The van der Waals surface area contributed by atoms with Crippen LogP contribution in [0.4, 0.5) is 4.79 Å². The second-order valence-electron chi connectivity index (χ2n) is 5.60. The van der Waals surface area contributed by atoms with E-state index in [4.69, 9.17) is 9.84 Å². The number of likely N-dealkylation sites (N-methyl/N-ethyl adjacent to an activating group) is 1. The van der Waals surface area contributed by atoms with Crippen molar-refractivity contribution >= 4 is 6.09 Å². The molecule has 0 saturated carbocycles. The first-order chi connectivity index (χ1) is 7.83. The highest BCUT2D eigenvalue weighted by atomic mass is 16.6. The first-order valence-corrected chi connectivity index (χ1v) is 6.12. The van der Waals surface area contributed by atoms with Crippen LogP contribution in [0.3, 0.4) is 0 Å². The number of piperazine rings is 1. The molecule has 0 aromatic rings.